The molecule has 2 aromatic carbocycles. The zero-order valence-electron chi connectivity index (χ0n) is 12.4. The molecule has 0 atom stereocenters. The molecule has 0 aliphatic carbocycles. The highest BCUT2D eigenvalue weighted by Gasteiger charge is 2.25. The third kappa shape index (κ3) is 2.63. The van der Waals surface area contributed by atoms with Crippen LogP contribution in [0.25, 0.3) is 6.08 Å². The Morgan fingerprint density at radius 3 is 2.59 bits per heavy atom. The quantitative estimate of drug-likeness (QED) is 0.644. The summed E-state index contributed by atoms with van der Waals surface area (Å²) in [6.07, 6.45) is 1.67. The van der Waals surface area contributed by atoms with Crippen LogP contribution in [0.15, 0.2) is 59.2 Å². The maximum absolute atomic E-state index is 12.0. The van der Waals surface area contributed by atoms with Crippen molar-refractivity contribution in [3.63, 3.8) is 0 Å². The van der Waals surface area contributed by atoms with E-state index in [4.69, 9.17) is 9.47 Å². The van der Waals surface area contributed by atoms with E-state index < -0.39 is 5.97 Å². The lowest BCUT2D eigenvalue weighted by Crippen LogP contribution is -2.06. The van der Waals surface area contributed by atoms with Crippen LogP contribution in [0.4, 0.5) is 0 Å². The highest BCUT2D eigenvalue weighted by atomic mass is 16.6. The third-order valence-electron chi connectivity index (χ3n) is 3.43. The van der Waals surface area contributed by atoms with E-state index in [1.54, 1.807) is 13.2 Å². The Morgan fingerprint density at radius 2 is 1.82 bits per heavy atom. The van der Waals surface area contributed by atoms with Crippen molar-refractivity contribution in [3.05, 3.63) is 70.9 Å². The van der Waals surface area contributed by atoms with Crippen LogP contribution in [0.5, 0.6) is 5.75 Å². The van der Waals surface area contributed by atoms with Crippen LogP contribution >= 0.6 is 0 Å². The van der Waals surface area contributed by atoms with Crippen LogP contribution in [0, 0.1) is 6.92 Å². The Kier molecular flexibility index (Phi) is 3.74. The van der Waals surface area contributed by atoms with Gasteiger partial charge in [0.2, 0.25) is 5.90 Å². The first-order valence-corrected chi connectivity index (χ1v) is 6.90. The molecule has 3 rings (SSSR count). The molecule has 0 saturated heterocycles. The van der Waals surface area contributed by atoms with Gasteiger partial charge in [0.25, 0.3) is 0 Å². The summed E-state index contributed by atoms with van der Waals surface area (Å²) in [4.78, 5) is 16.3. The smallest absolute Gasteiger partial charge is 0.363 e. The van der Waals surface area contributed by atoms with Gasteiger partial charge in [-0.15, -0.1) is 0 Å². The minimum atomic E-state index is -0.454. The van der Waals surface area contributed by atoms with Crippen molar-refractivity contribution in [3.8, 4) is 5.75 Å². The number of ether oxygens (including phenoxy) is 2. The first-order valence-electron chi connectivity index (χ1n) is 6.90. The molecule has 110 valence electrons. The Labute approximate surface area is 128 Å². The van der Waals surface area contributed by atoms with E-state index in [2.05, 4.69) is 4.99 Å². The number of carbonyl (C=O) groups excluding carboxylic acids is 1. The summed E-state index contributed by atoms with van der Waals surface area (Å²) in [5, 5.41) is 0. The van der Waals surface area contributed by atoms with Gasteiger partial charge in [-0.1, -0.05) is 36.4 Å². The van der Waals surface area contributed by atoms with Gasteiger partial charge in [0.15, 0.2) is 5.70 Å². The predicted molar refractivity (Wildman–Crippen MR) is 84.8 cm³/mol. The number of aryl methyl sites for hydroxylation is 1. The maximum Gasteiger partial charge on any atom is 0.363 e. The SMILES string of the molecule is COc1ccccc1C=C1N=C(c2ccccc2C)OC1=O. The van der Waals surface area contributed by atoms with Crippen LogP contribution in [0.1, 0.15) is 16.7 Å². The number of esters is 1. The Morgan fingerprint density at radius 1 is 1.09 bits per heavy atom. The third-order valence-corrected chi connectivity index (χ3v) is 3.43. The number of rotatable bonds is 3. The minimum Gasteiger partial charge on any atom is -0.496 e. The molecule has 2 aromatic rings. The Hall–Kier alpha value is -2.88. The summed E-state index contributed by atoms with van der Waals surface area (Å²) in [7, 11) is 1.59. The lowest BCUT2D eigenvalue weighted by molar-refractivity contribution is -0.129. The van der Waals surface area contributed by atoms with Crippen LogP contribution < -0.4 is 4.74 Å². The molecule has 0 N–H and O–H groups in total. The second-order valence-electron chi connectivity index (χ2n) is 4.89. The Balaban J connectivity index is 2.00. The van der Waals surface area contributed by atoms with Gasteiger partial charge in [-0.25, -0.2) is 9.79 Å². The van der Waals surface area contributed by atoms with Crippen molar-refractivity contribution in [1.29, 1.82) is 0 Å². The van der Waals surface area contributed by atoms with Crippen LogP contribution in [-0.2, 0) is 9.53 Å². The van der Waals surface area contributed by atoms with E-state index in [0.29, 0.717) is 11.6 Å². The molecule has 1 heterocycles. The number of cyclic esters (lactones) is 1. The average Bonchev–Trinajstić information content (AvgIpc) is 2.89. The molecule has 4 nitrogen and oxygen atoms in total. The normalized spacial score (nSPS) is 15.6. The second-order valence-corrected chi connectivity index (χ2v) is 4.89. The van der Waals surface area contributed by atoms with Gasteiger partial charge in [0, 0.05) is 11.1 Å². The molecule has 0 radical (unpaired) electrons. The molecule has 4 heteroatoms. The van der Waals surface area contributed by atoms with Crippen LogP contribution in [0.3, 0.4) is 0 Å². The molecular weight excluding hydrogens is 278 g/mol. The molecule has 0 fully saturated rings. The van der Waals surface area contributed by atoms with Crippen molar-refractivity contribution in [2.24, 2.45) is 4.99 Å². The van der Waals surface area contributed by atoms with Crippen molar-refractivity contribution >= 4 is 17.9 Å². The number of nitrogens with zero attached hydrogens (tertiary/aromatic N) is 1. The molecular formula is C18H15NO3. The molecule has 0 unspecified atom stereocenters. The van der Waals surface area contributed by atoms with Gasteiger partial charge in [-0.3, -0.25) is 0 Å². The zero-order valence-corrected chi connectivity index (χ0v) is 12.4. The topological polar surface area (TPSA) is 47.9 Å². The molecule has 22 heavy (non-hydrogen) atoms. The summed E-state index contributed by atoms with van der Waals surface area (Å²) in [6, 6.07) is 15.1. The van der Waals surface area contributed by atoms with Gasteiger partial charge in [0.1, 0.15) is 5.75 Å². The Bertz CT molecular complexity index is 790. The van der Waals surface area contributed by atoms with E-state index >= 15 is 0 Å². The fourth-order valence-corrected chi connectivity index (χ4v) is 2.27. The molecule has 0 bridgehead atoms. The number of carbonyl (C=O) groups is 1. The van der Waals surface area contributed by atoms with E-state index in [9.17, 15) is 4.79 Å². The summed E-state index contributed by atoms with van der Waals surface area (Å²) < 4.78 is 10.6. The van der Waals surface area contributed by atoms with Crippen molar-refractivity contribution < 1.29 is 14.3 Å². The van der Waals surface area contributed by atoms with Gasteiger partial charge in [-0.2, -0.15) is 0 Å². The second kappa shape index (κ2) is 5.85. The van der Waals surface area contributed by atoms with Crippen molar-refractivity contribution in [2.45, 2.75) is 6.92 Å². The molecule has 0 saturated carbocycles. The largest absolute Gasteiger partial charge is 0.496 e. The lowest BCUT2D eigenvalue weighted by atomic mass is 10.1. The number of aliphatic imine (C=N–C) groups is 1. The maximum atomic E-state index is 12.0. The standard InChI is InChI=1S/C18H15NO3/c1-12-7-3-5-9-14(12)17-19-15(18(20)22-17)11-13-8-4-6-10-16(13)21-2/h3-11H,1-2H3. The summed E-state index contributed by atoms with van der Waals surface area (Å²) >= 11 is 0. The fourth-order valence-electron chi connectivity index (χ4n) is 2.27. The molecule has 1 aliphatic rings. The van der Waals surface area contributed by atoms with Gasteiger partial charge < -0.3 is 9.47 Å². The lowest BCUT2D eigenvalue weighted by Gasteiger charge is -2.03. The number of hydrogen-bond donors (Lipinski definition) is 0. The monoisotopic (exact) mass is 293 g/mol. The van der Waals surface area contributed by atoms with Gasteiger partial charge in [-0.05, 0) is 30.7 Å². The van der Waals surface area contributed by atoms with Gasteiger partial charge >= 0.3 is 5.97 Å². The highest BCUT2D eigenvalue weighted by Crippen LogP contribution is 2.24. The highest BCUT2D eigenvalue weighted by molar-refractivity contribution is 6.13. The zero-order chi connectivity index (χ0) is 15.5. The molecule has 1 aliphatic heterocycles. The van der Waals surface area contributed by atoms with Crippen LogP contribution in [-0.4, -0.2) is 19.0 Å². The minimum absolute atomic E-state index is 0.266. The van der Waals surface area contributed by atoms with Crippen LogP contribution in [0.2, 0.25) is 0 Å². The predicted octanol–water partition coefficient (Wildman–Crippen LogP) is 3.35. The summed E-state index contributed by atoms with van der Waals surface area (Å²) in [5.74, 6) is 0.566. The molecule has 0 aromatic heterocycles. The number of hydrogen-bond acceptors (Lipinski definition) is 4. The molecule has 0 spiro atoms. The van der Waals surface area contributed by atoms with E-state index in [-0.39, 0.29) is 5.70 Å². The van der Waals surface area contributed by atoms with Gasteiger partial charge in [0.05, 0.1) is 7.11 Å². The van der Waals surface area contributed by atoms with E-state index in [0.717, 1.165) is 16.7 Å². The van der Waals surface area contributed by atoms with E-state index in [1.165, 1.54) is 0 Å². The average molecular weight is 293 g/mol. The van der Waals surface area contributed by atoms with E-state index in [1.807, 2.05) is 55.5 Å². The first-order chi connectivity index (χ1) is 10.7. The summed E-state index contributed by atoms with van der Waals surface area (Å²) in [6.45, 7) is 1.95. The van der Waals surface area contributed by atoms with Crippen molar-refractivity contribution in [2.75, 3.05) is 7.11 Å². The fraction of sp³-hybridized carbons (Fsp3) is 0.111. The number of methoxy groups -OCH3 is 1. The van der Waals surface area contributed by atoms with Crippen molar-refractivity contribution in [1.82, 2.24) is 0 Å². The summed E-state index contributed by atoms with van der Waals surface area (Å²) in [5.41, 5.74) is 2.88. The molecule has 0 amide bonds. The number of para-hydroxylation sites is 1. The number of benzene rings is 2. The first kappa shape index (κ1) is 14.1.